The van der Waals surface area contributed by atoms with Crippen molar-refractivity contribution in [1.82, 2.24) is 15.5 Å². The Morgan fingerprint density at radius 3 is 2.80 bits per heavy atom. The van der Waals surface area contributed by atoms with E-state index in [4.69, 9.17) is 25.8 Å². The molecule has 1 aromatic rings. The summed E-state index contributed by atoms with van der Waals surface area (Å²) in [6.07, 6.45) is 2.20. The number of hydrogen-bond donors (Lipinski definition) is 2. The predicted octanol–water partition coefficient (Wildman–Crippen LogP) is 2.69. The van der Waals surface area contributed by atoms with E-state index >= 15 is 0 Å². The summed E-state index contributed by atoms with van der Waals surface area (Å²) in [5.74, 6) is 0.800. The molecule has 2 aliphatic heterocycles. The van der Waals surface area contributed by atoms with Crippen LogP contribution in [0.3, 0.4) is 0 Å². The van der Waals surface area contributed by atoms with Gasteiger partial charge in [-0.2, -0.15) is 0 Å². The first-order valence-electron chi connectivity index (χ1n) is 10.5. The van der Waals surface area contributed by atoms with Crippen molar-refractivity contribution >= 4 is 41.5 Å². The van der Waals surface area contributed by atoms with Gasteiger partial charge in [-0.3, -0.25) is 9.89 Å². The average molecular weight is 553 g/mol. The first kappa shape index (κ1) is 25.6. The fourth-order valence-electron chi connectivity index (χ4n) is 3.65. The second-order valence-corrected chi connectivity index (χ2v) is 7.75. The summed E-state index contributed by atoms with van der Waals surface area (Å²) in [5.41, 5.74) is 1.20. The SMILES string of the molecule is CN=C(NCCCOC1CCOC1)NCC(c1cccc(Cl)c1)N1CCOCC1.I. The first-order chi connectivity index (χ1) is 14.3. The normalized spacial score (nSPS) is 21.1. The molecule has 2 saturated heterocycles. The minimum absolute atomic E-state index is 0. The van der Waals surface area contributed by atoms with Crippen molar-refractivity contribution in [1.29, 1.82) is 0 Å². The fraction of sp³-hybridized carbons (Fsp3) is 0.667. The highest BCUT2D eigenvalue weighted by Crippen LogP contribution is 2.23. The van der Waals surface area contributed by atoms with E-state index < -0.39 is 0 Å². The monoisotopic (exact) mass is 552 g/mol. The predicted molar refractivity (Wildman–Crippen MR) is 131 cm³/mol. The highest BCUT2D eigenvalue weighted by atomic mass is 127. The number of rotatable bonds is 9. The van der Waals surface area contributed by atoms with Gasteiger partial charge in [0.05, 0.1) is 32.0 Å². The van der Waals surface area contributed by atoms with Gasteiger partial charge < -0.3 is 24.8 Å². The third-order valence-corrected chi connectivity index (χ3v) is 5.50. The van der Waals surface area contributed by atoms with Crippen LogP contribution in [0.5, 0.6) is 0 Å². The van der Waals surface area contributed by atoms with Gasteiger partial charge in [-0.05, 0) is 30.5 Å². The van der Waals surface area contributed by atoms with Gasteiger partial charge in [-0.15, -0.1) is 24.0 Å². The summed E-state index contributed by atoms with van der Waals surface area (Å²) in [6.45, 7) is 7.17. The molecule has 2 unspecified atom stereocenters. The quantitative estimate of drug-likeness (QED) is 0.213. The highest BCUT2D eigenvalue weighted by molar-refractivity contribution is 14.0. The standard InChI is InChI=1S/C21H33ClN4O3.HI/c1-23-21(24-7-3-10-29-19-6-11-28-16-19)25-15-20(26-8-12-27-13-9-26)17-4-2-5-18(22)14-17;/h2,4-5,14,19-20H,3,6-13,15-16H2,1H3,(H2,23,24,25);1H. The van der Waals surface area contributed by atoms with Gasteiger partial charge in [-0.25, -0.2) is 0 Å². The number of guanidine groups is 1. The van der Waals surface area contributed by atoms with Crippen LogP contribution in [-0.4, -0.2) is 83.2 Å². The topological polar surface area (TPSA) is 67.4 Å². The molecule has 0 aromatic heterocycles. The minimum atomic E-state index is 0. The molecule has 0 radical (unpaired) electrons. The van der Waals surface area contributed by atoms with Crippen LogP contribution in [0.2, 0.25) is 5.02 Å². The van der Waals surface area contributed by atoms with Crippen LogP contribution < -0.4 is 10.6 Å². The molecule has 0 saturated carbocycles. The van der Waals surface area contributed by atoms with Crippen molar-refractivity contribution in [2.45, 2.75) is 25.0 Å². The number of morpholine rings is 1. The smallest absolute Gasteiger partial charge is 0.191 e. The Balaban J connectivity index is 0.00000320. The van der Waals surface area contributed by atoms with Crippen LogP contribution in [0.4, 0.5) is 0 Å². The number of nitrogens with one attached hydrogen (secondary N) is 2. The number of hydrogen-bond acceptors (Lipinski definition) is 5. The summed E-state index contributed by atoms with van der Waals surface area (Å²) in [4.78, 5) is 6.79. The summed E-state index contributed by atoms with van der Waals surface area (Å²) < 4.78 is 16.7. The number of ether oxygens (including phenoxy) is 3. The molecule has 0 amide bonds. The molecule has 2 atom stereocenters. The van der Waals surface area contributed by atoms with Gasteiger partial charge in [-0.1, -0.05) is 23.7 Å². The molecule has 7 nitrogen and oxygen atoms in total. The second-order valence-electron chi connectivity index (χ2n) is 7.31. The molecule has 2 N–H and O–H groups in total. The van der Waals surface area contributed by atoms with Crippen LogP contribution in [0.1, 0.15) is 24.4 Å². The van der Waals surface area contributed by atoms with E-state index in [1.54, 1.807) is 7.05 Å². The van der Waals surface area contributed by atoms with Crippen molar-refractivity contribution in [2.75, 3.05) is 66.3 Å². The van der Waals surface area contributed by atoms with Crippen molar-refractivity contribution in [3.8, 4) is 0 Å². The van der Waals surface area contributed by atoms with E-state index in [-0.39, 0.29) is 36.1 Å². The maximum absolute atomic E-state index is 6.24. The molecular weight excluding hydrogens is 519 g/mol. The van der Waals surface area contributed by atoms with Crippen LogP contribution in [0.15, 0.2) is 29.3 Å². The highest BCUT2D eigenvalue weighted by Gasteiger charge is 2.23. The lowest BCUT2D eigenvalue weighted by Gasteiger charge is -2.35. The maximum atomic E-state index is 6.24. The summed E-state index contributed by atoms with van der Waals surface area (Å²) >= 11 is 6.24. The van der Waals surface area contributed by atoms with E-state index in [2.05, 4.69) is 26.6 Å². The van der Waals surface area contributed by atoms with Crippen molar-refractivity contribution in [3.63, 3.8) is 0 Å². The summed E-state index contributed by atoms with van der Waals surface area (Å²) in [7, 11) is 1.80. The molecule has 2 heterocycles. The Labute approximate surface area is 201 Å². The molecule has 0 spiro atoms. The lowest BCUT2D eigenvalue weighted by atomic mass is 10.0. The molecule has 1 aromatic carbocycles. The van der Waals surface area contributed by atoms with Crippen LogP contribution in [0.25, 0.3) is 0 Å². The summed E-state index contributed by atoms with van der Waals surface area (Å²) in [5, 5.41) is 7.60. The van der Waals surface area contributed by atoms with Gasteiger partial charge in [0, 0.05) is 51.5 Å². The summed E-state index contributed by atoms with van der Waals surface area (Å²) in [6, 6.07) is 8.31. The van der Waals surface area contributed by atoms with Crippen molar-refractivity contribution < 1.29 is 14.2 Å². The van der Waals surface area contributed by atoms with Crippen LogP contribution in [0, 0.1) is 0 Å². The molecule has 3 rings (SSSR count). The lowest BCUT2D eigenvalue weighted by molar-refractivity contribution is 0.0170. The number of benzene rings is 1. The second kappa shape index (κ2) is 14.4. The Hall–Kier alpha value is -0.650. The Morgan fingerprint density at radius 2 is 2.10 bits per heavy atom. The number of nitrogens with zero attached hydrogens (tertiary/aromatic N) is 2. The Kier molecular flexibility index (Phi) is 12.3. The van der Waals surface area contributed by atoms with Gasteiger partial charge in [0.15, 0.2) is 5.96 Å². The largest absolute Gasteiger partial charge is 0.379 e. The zero-order valence-electron chi connectivity index (χ0n) is 17.6. The van der Waals surface area contributed by atoms with Gasteiger partial charge in [0.25, 0.3) is 0 Å². The van der Waals surface area contributed by atoms with Crippen molar-refractivity contribution in [2.24, 2.45) is 4.99 Å². The molecule has 0 bridgehead atoms. The average Bonchev–Trinajstić information content (AvgIpc) is 3.26. The lowest BCUT2D eigenvalue weighted by Crippen LogP contribution is -2.46. The van der Waals surface area contributed by atoms with E-state index in [1.807, 2.05) is 18.2 Å². The maximum Gasteiger partial charge on any atom is 0.191 e. The molecule has 30 heavy (non-hydrogen) atoms. The van der Waals surface area contributed by atoms with Gasteiger partial charge in [0.2, 0.25) is 0 Å². The first-order valence-corrected chi connectivity index (χ1v) is 10.8. The van der Waals surface area contributed by atoms with Gasteiger partial charge in [0.1, 0.15) is 0 Å². The van der Waals surface area contributed by atoms with E-state index in [0.29, 0.717) is 0 Å². The number of halogens is 2. The van der Waals surface area contributed by atoms with E-state index in [1.165, 1.54) is 5.56 Å². The molecule has 9 heteroatoms. The molecule has 170 valence electrons. The third kappa shape index (κ3) is 8.47. The van der Waals surface area contributed by atoms with E-state index in [9.17, 15) is 0 Å². The van der Waals surface area contributed by atoms with Crippen LogP contribution in [-0.2, 0) is 14.2 Å². The minimum Gasteiger partial charge on any atom is -0.379 e. The fourth-order valence-corrected chi connectivity index (χ4v) is 3.85. The molecule has 0 aliphatic carbocycles. The molecular formula is C21H34ClIN4O3. The van der Waals surface area contributed by atoms with E-state index in [0.717, 1.165) is 83.0 Å². The zero-order valence-corrected chi connectivity index (χ0v) is 20.7. The van der Waals surface area contributed by atoms with Gasteiger partial charge >= 0.3 is 0 Å². The van der Waals surface area contributed by atoms with Crippen molar-refractivity contribution in [3.05, 3.63) is 34.9 Å². The third-order valence-electron chi connectivity index (χ3n) is 5.26. The van der Waals surface area contributed by atoms with Crippen LogP contribution >= 0.6 is 35.6 Å². The zero-order chi connectivity index (χ0) is 20.3. The molecule has 2 aliphatic rings. The molecule has 2 fully saturated rings. The Bertz CT molecular complexity index is 640. The number of aliphatic imine (C=N–C) groups is 1. The Morgan fingerprint density at radius 1 is 1.27 bits per heavy atom.